The van der Waals surface area contributed by atoms with Crippen LogP contribution >= 0.6 is 11.8 Å². The Hall–Kier alpha value is -2.80. The van der Waals surface area contributed by atoms with Crippen LogP contribution in [0.1, 0.15) is 22.8 Å². The number of anilines is 1. The number of hydrogen-bond acceptors (Lipinski definition) is 6. The van der Waals surface area contributed by atoms with E-state index in [0.29, 0.717) is 23.2 Å². The molecule has 1 heterocycles. The summed E-state index contributed by atoms with van der Waals surface area (Å²) >= 11 is 1.44. The molecule has 0 fully saturated rings. The zero-order valence-corrected chi connectivity index (χ0v) is 16.1. The molecule has 0 aliphatic rings. The SMILES string of the molecule is COc1ccc(NC(=O)CSCc2noc(C)n2)cc1Cc1ccccc1. The summed E-state index contributed by atoms with van der Waals surface area (Å²) in [6.45, 7) is 1.74. The van der Waals surface area contributed by atoms with Crippen LogP contribution in [-0.2, 0) is 17.0 Å². The number of hydrogen-bond donors (Lipinski definition) is 1. The molecule has 7 heteroatoms. The van der Waals surface area contributed by atoms with Crippen molar-refractivity contribution in [3.8, 4) is 5.75 Å². The number of aromatic nitrogens is 2. The molecule has 0 aliphatic heterocycles. The summed E-state index contributed by atoms with van der Waals surface area (Å²) in [5.74, 6) is 2.70. The number of benzene rings is 2. The van der Waals surface area contributed by atoms with Gasteiger partial charge in [-0.25, -0.2) is 0 Å². The lowest BCUT2D eigenvalue weighted by atomic mass is 10.0. The van der Waals surface area contributed by atoms with Gasteiger partial charge in [-0.15, -0.1) is 11.8 Å². The number of carbonyl (C=O) groups is 1. The molecule has 0 unspecified atom stereocenters. The van der Waals surface area contributed by atoms with Gasteiger partial charge in [0.2, 0.25) is 11.8 Å². The van der Waals surface area contributed by atoms with E-state index in [0.717, 1.165) is 23.4 Å². The zero-order chi connectivity index (χ0) is 19.1. The van der Waals surface area contributed by atoms with Crippen LogP contribution in [-0.4, -0.2) is 28.9 Å². The molecular formula is C20H21N3O3S. The van der Waals surface area contributed by atoms with E-state index in [1.165, 1.54) is 17.3 Å². The Morgan fingerprint density at radius 2 is 2.04 bits per heavy atom. The van der Waals surface area contributed by atoms with E-state index in [1.54, 1.807) is 14.0 Å². The van der Waals surface area contributed by atoms with Crippen molar-refractivity contribution in [2.24, 2.45) is 0 Å². The highest BCUT2D eigenvalue weighted by molar-refractivity contribution is 7.99. The Kier molecular flexibility index (Phi) is 6.49. The number of ether oxygens (including phenoxy) is 1. The monoisotopic (exact) mass is 383 g/mol. The van der Waals surface area contributed by atoms with Gasteiger partial charge in [-0.1, -0.05) is 35.5 Å². The van der Waals surface area contributed by atoms with Gasteiger partial charge >= 0.3 is 0 Å². The van der Waals surface area contributed by atoms with Crippen LogP contribution in [0.5, 0.6) is 5.75 Å². The van der Waals surface area contributed by atoms with Gasteiger partial charge in [0.25, 0.3) is 0 Å². The molecule has 0 aliphatic carbocycles. The zero-order valence-electron chi connectivity index (χ0n) is 15.3. The van der Waals surface area contributed by atoms with E-state index in [1.807, 2.05) is 36.4 Å². The van der Waals surface area contributed by atoms with Gasteiger partial charge in [0.1, 0.15) is 5.75 Å². The Morgan fingerprint density at radius 3 is 2.74 bits per heavy atom. The Labute approximate surface area is 162 Å². The molecule has 0 radical (unpaired) electrons. The summed E-state index contributed by atoms with van der Waals surface area (Å²) in [5, 5.41) is 6.75. The van der Waals surface area contributed by atoms with Gasteiger partial charge in [-0.3, -0.25) is 4.79 Å². The topological polar surface area (TPSA) is 77.2 Å². The molecular weight excluding hydrogens is 362 g/mol. The summed E-state index contributed by atoms with van der Waals surface area (Å²) in [4.78, 5) is 16.3. The van der Waals surface area contributed by atoms with E-state index in [2.05, 4.69) is 27.6 Å². The molecule has 27 heavy (non-hydrogen) atoms. The molecule has 2 aromatic carbocycles. The Morgan fingerprint density at radius 1 is 1.22 bits per heavy atom. The van der Waals surface area contributed by atoms with E-state index >= 15 is 0 Å². The van der Waals surface area contributed by atoms with Gasteiger partial charge in [0, 0.05) is 24.6 Å². The fourth-order valence-corrected chi connectivity index (χ4v) is 3.30. The third-order valence-electron chi connectivity index (χ3n) is 3.84. The number of carbonyl (C=O) groups excluding carboxylic acids is 1. The minimum atomic E-state index is -0.0731. The first-order chi connectivity index (χ1) is 13.1. The van der Waals surface area contributed by atoms with Crippen molar-refractivity contribution in [1.29, 1.82) is 0 Å². The van der Waals surface area contributed by atoms with Crippen LogP contribution in [0.3, 0.4) is 0 Å². The maximum absolute atomic E-state index is 12.2. The smallest absolute Gasteiger partial charge is 0.234 e. The lowest BCUT2D eigenvalue weighted by Gasteiger charge is -2.12. The highest BCUT2D eigenvalue weighted by Gasteiger charge is 2.09. The second-order valence-corrected chi connectivity index (χ2v) is 6.95. The summed E-state index contributed by atoms with van der Waals surface area (Å²) in [6.07, 6.45) is 0.736. The molecule has 0 saturated carbocycles. The minimum Gasteiger partial charge on any atom is -0.496 e. The number of nitrogens with one attached hydrogen (secondary N) is 1. The average Bonchev–Trinajstić information content (AvgIpc) is 3.08. The Balaban J connectivity index is 1.58. The van der Waals surface area contributed by atoms with Gasteiger partial charge in [-0.2, -0.15) is 4.98 Å². The average molecular weight is 383 g/mol. The second kappa shape index (κ2) is 9.23. The molecule has 0 atom stereocenters. The summed E-state index contributed by atoms with van der Waals surface area (Å²) < 4.78 is 10.4. The van der Waals surface area contributed by atoms with Crippen molar-refractivity contribution in [3.05, 3.63) is 71.4 Å². The highest BCUT2D eigenvalue weighted by Crippen LogP contribution is 2.25. The summed E-state index contributed by atoms with van der Waals surface area (Å²) in [5.41, 5.74) is 2.96. The standard InChI is InChI=1S/C20H21N3O3S/c1-14-21-19(23-26-14)12-27-13-20(24)22-17-8-9-18(25-2)16(11-17)10-15-6-4-3-5-7-15/h3-9,11H,10,12-13H2,1-2H3,(H,22,24). The van der Waals surface area contributed by atoms with Gasteiger partial charge in [0.05, 0.1) is 18.6 Å². The number of methoxy groups -OCH3 is 1. The normalized spacial score (nSPS) is 10.6. The van der Waals surface area contributed by atoms with Crippen molar-refractivity contribution >= 4 is 23.4 Å². The molecule has 1 aromatic heterocycles. The van der Waals surface area contributed by atoms with Crippen molar-refractivity contribution in [3.63, 3.8) is 0 Å². The van der Waals surface area contributed by atoms with Gasteiger partial charge < -0.3 is 14.6 Å². The van der Waals surface area contributed by atoms with Crippen LogP contribution in [0.2, 0.25) is 0 Å². The van der Waals surface area contributed by atoms with Crippen molar-refractivity contribution in [1.82, 2.24) is 10.1 Å². The molecule has 3 rings (SSSR count). The first-order valence-electron chi connectivity index (χ1n) is 8.51. The van der Waals surface area contributed by atoms with E-state index in [9.17, 15) is 4.79 Å². The minimum absolute atomic E-state index is 0.0731. The van der Waals surface area contributed by atoms with Crippen LogP contribution in [0.25, 0.3) is 0 Å². The molecule has 1 amide bonds. The second-order valence-electron chi connectivity index (χ2n) is 5.96. The number of rotatable bonds is 8. The molecule has 6 nitrogen and oxygen atoms in total. The third kappa shape index (κ3) is 5.59. The largest absolute Gasteiger partial charge is 0.496 e. The van der Waals surface area contributed by atoms with E-state index in [4.69, 9.17) is 9.26 Å². The number of amides is 1. The van der Waals surface area contributed by atoms with Crippen LogP contribution in [0, 0.1) is 6.92 Å². The van der Waals surface area contributed by atoms with E-state index < -0.39 is 0 Å². The van der Waals surface area contributed by atoms with Gasteiger partial charge in [-0.05, 0) is 23.8 Å². The fourth-order valence-electron chi connectivity index (χ4n) is 2.64. The first kappa shape index (κ1) is 19.0. The Bertz CT molecular complexity index is 896. The number of thioether (sulfide) groups is 1. The van der Waals surface area contributed by atoms with E-state index in [-0.39, 0.29) is 5.91 Å². The lowest BCUT2D eigenvalue weighted by molar-refractivity contribution is -0.113. The van der Waals surface area contributed by atoms with Crippen molar-refractivity contribution in [2.45, 2.75) is 19.1 Å². The van der Waals surface area contributed by atoms with Gasteiger partial charge in [0.15, 0.2) is 5.82 Å². The van der Waals surface area contributed by atoms with Crippen molar-refractivity contribution in [2.75, 3.05) is 18.2 Å². The first-order valence-corrected chi connectivity index (χ1v) is 9.67. The molecule has 140 valence electrons. The molecule has 0 spiro atoms. The number of aryl methyl sites for hydroxylation is 1. The molecule has 0 saturated heterocycles. The predicted molar refractivity (Wildman–Crippen MR) is 106 cm³/mol. The number of nitrogens with zero attached hydrogens (tertiary/aromatic N) is 2. The van der Waals surface area contributed by atoms with Crippen LogP contribution in [0.4, 0.5) is 5.69 Å². The lowest BCUT2D eigenvalue weighted by Crippen LogP contribution is -2.14. The fraction of sp³-hybridized carbons (Fsp3) is 0.250. The quantitative estimate of drug-likeness (QED) is 0.637. The maximum atomic E-state index is 12.2. The summed E-state index contributed by atoms with van der Waals surface area (Å²) in [6, 6.07) is 15.8. The van der Waals surface area contributed by atoms with Crippen LogP contribution < -0.4 is 10.1 Å². The third-order valence-corrected chi connectivity index (χ3v) is 4.76. The maximum Gasteiger partial charge on any atom is 0.234 e. The predicted octanol–water partition coefficient (Wildman–Crippen LogP) is 3.85. The van der Waals surface area contributed by atoms with Crippen molar-refractivity contribution < 1.29 is 14.1 Å². The van der Waals surface area contributed by atoms with Crippen LogP contribution in [0.15, 0.2) is 53.1 Å². The molecule has 3 aromatic rings. The molecule has 1 N–H and O–H groups in total. The highest BCUT2D eigenvalue weighted by atomic mass is 32.2. The molecule has 0 bridgehead atoms. The summed E-state index contributed by atoms with van der Waals surface area (Å²) in [7, 11) is 1.65.